The van der Waals surface area contributed by atoms with Gasteiger partial charge in [-0.25, -0.2) is 4.79 Å². The van der Waals surface area contributed by atoms with Gasteiger partial charge in [-0.3, -0.25) is 0 Å². The molecule has 1 atom stereocenters. The molecule has 0 fully saturated rings. The molecular weight excluding hydrogens is 278 g/mol. The molecule has 5 heteroatoms. The van der Waals surface area contributed by atoms with Crippen LogP contribution in [0.2, 0.25) is 0 Å². The van der Waals surface area contributed by atoms with Crippen LogP contribution in [0, 0.1) is 11.3 Å². The van der Waals surface area contributed by atoms with Gasteiger partial charge in [0, 0.05) is 12.2 Å². The van der Waals surface area contributed by atoms with Crippen molar-refractivity contribution in [2.75, 3.05) is 5.32 Å². The predicted molar refractivity (Wildman–Crippen MR) is 84.1 cm³/mol. The Labute approximate surface area is 129 Å². The number of hydrogen-bond acceptors (Lipinski definition) is 3. The van der Waals surface area contributed by atoms with Crippen molar-refractivity contribution in [1.82, 2.24) is 5.32 Å². The number of anilines is 1. The average Bonchev–Trinajstić information content (AvgIpc) is 2.54. The van der Waals surface area contributed by atoms with Crippen molar-refractivity contribution in [3.8, 4) is 6.07 Å². The Kier molecular flexibility index (Phi) is 5.12. The van der Waals surface area contributed by atoms with Gasteiger partial charge in [0.25, 0.3) is 0 Å². The summed E-state index contributed by atoms with van der Waals surface area (Å²) in [5, 5.41) is 23.6. The van der Waals surface area contributed by atoms with Crippen molar-refractivity contribution in [3.05, 3.63) is 65.2 Å². The largest absolute Gasteiger partial charge is 0.389 e. The summed E-state index contributed by atoms with van der Waals surface area (Å²) < 4.78 is 0. The van der Waals surface area contributed by atoms with Crippen LogP contribution in [0.4, 0.5) is 10.5 Å². The van der Waals surface area contributed by atoms with Crippen LogP contribution in [0.1, 0.15) is 29.7 Å². The lowest BCUT2D eigenvalue weighted by Gasteiger charge is -2.09. The van der Waals surface area contributed by atoms with E-state index in [2.05, 4.69) is 10.6 Å². The zero-order valence-corrected chi connectivity index (χ0v) is 12.2. The maximum Gasteiger partial charge on any atom is 0.319 e. The number of hydrogen-bond donors (Lipinski definition) is 3. The van der Waals surface area contributed by atoms with Gasteiger partial charge >= 0.3 is 6.03 Å². The number of amides is 2. The fourth-order valence-electron chi connectivity index (χ4n) is 1.90. The van der Waals surface area contributed by atoms with E-state index in [1.54, 1.807) is 31.2 Å². The summed E-state index contributed by atoms with van der Waals surface area (Å²) in [7, 11) is 0. The highest BCUT2D eigenvalue weighted by Gasteiger charge is 2.03. The Morgan fingerprint density at radius 3 is 2.36 bits per heavy atom. The van der Waals surface area contributed by atoms with Crippen LogP contribution in [0.15, 0.2) is 48.5 Å². The molecule has 2 aromatic rings. The van der Waals surface area contributed by atoms with E-state index in [0.29, 0.717) is 17.8 Å². The molecule has 2 aromatic carbocycles. The molecule has 0 saturated heterocycles. The molecular formula is C17H17N3O2. The second-order valence-electron chi connectivity index (χ2n) is 4.91. The van der Waals surface area contributed by atoms with Gasteiger partial charge in [-0.05, 0) is 42.3 Å². The fourth-order valence-corrected chi connectivity index (χ4v) is 1.90. The summed E-state index contributed by atoms with van der Waals surface area (Å²) >= 11 is 0. The van der Waals surface area contributed by atoms with Gasteiger partial charge in [0.1, 0.15) is 0 Å². The van der Waals surface area contributed by atoms with Crippen molar-refractivity contribution in [1.29, 1.82) is 5.26 Å². The second kappa shape index (κ2) is 7.25. The summed E-state index contributed by atoms with van der Waals surface area (Å²) in [5.41, 5.74) is 2.95. The van der Waals surface area contributed by atoms with E-state index < -0.39 is 6.10 Å². The van der Waals surface area contributed by atoms with Crippen LogP contribution in [0.5, 0.6) is 0 Å². The highest BCUT2D eigenvalue weighted by atomic mass is 16.3. The lowest BCUT2D eigenvalue weighted by molar-refractivity contribution is 0.199. The van der Waals surface area contributed by atoms with Crippen LogP contribution < -0.4 is 10.6 Å². The molecule has 0 unspecified atom stereocenters. The Bertz CT molecular complexity index is 671. The van der Waals surface area contributed by atoms with E-state index >= 15 is 0 Å². The first-order valence-electron chi connectivity index (χ1n) is 6.90. The molecule has 0 saturated carbocycles. The first-order chi connectivity index (χ1) is 10.6. The Morgan fingerprint density at radius 1 is 1.18 bits per heavy atom. The van der Waals surface area contributed by atoms with Crippen LogP contribution in [0.3, 0.4) is 0 Å². The monoisotopic (exact) mass is 295 g/mol. The number of aliphatic hydroxyl groups excluding tert-OH is 1. The molecule has 22 heavy (non-hydrogen) atoms. The highest BCUT2D eigenvalue weighted by molar-refractivity contribution is 5.89. The third-order valence-electron chi connectivity index (χ3n) is 3.19. The predicted octanol–water partition coefficient (Wildman–Crippen LogP) is 2.93. The fraction of sp³-hybridized carbons (Fsp3) is 0.176. The zero-order chi connectivity index (χ0) is 15.9. The number of carbonyl (C=O) groups excluding carboxylic acids is 1. The maximum absolute atomic E-state index is 11.8. The summed E-state index contributed by atoms with van der Waals surface area (Å²) in [6.45, 7) is 2.10. The Balaban J connectivity index is 1.85. The molecule has 3 N–H and O–H groups in total. The van der Waals surface area contributed by atoms with E-state index in [1.807, 2.05) is 30.3 Å². The molecule has 0 bridgehead atoms. The number of nitriles is 1. The standard InChI is InChI=1S/C17H17N3O2/c1-12(21)15-6-2-14(3-7-15)11-19-17(22)20-16-8-4-13(10-18)5-9-16/h2-9,12,21H,11H2,1H3,(H2,19,20,22)/t12-/m0/s1. The number of aliphatic hydroxyl groups is 1. The van der Waals surface area contributed by atoms with Gasteiger partial charge in [-0.1, -0.05) is 24.3 Å². The molecule has 0 aliphatic rings. The van der Waals surface area contributed by atoms with Crippen molar-refractivity contribution in [2.45, 2.75) is 19.6 Å². The summed E-state index contributed by atoms with van der Waals surface area (Å²) in [4.78, 5) is 11.8. The number of urea groups is 1. The summed E-state index contributed by atoms with van der Waals surface area (Å²) in [5.74, 6) is 0. The Hall–Kier alpha value is -2.84. The van der Waals surface area contributed by atoms with E-state index in [1.165, 1.54) is 0 Å². The van der Waals surface area contributed by atoms with Gasteiger partial charge < -0.3 is 15.7 Å². The van der Waals surface area contributed by atoms with E-state index in [9.17, 15) is 9.90 Å². The van der Waals surface area contributed by atoms with E-state index in [0.717, 1.165) is 11.1 Å². The Morgan fingerprint density at radius 2 is 1.82 bits per heavy atom. The number of carbonyl (C=O) groups is 1. The zero-order valence-electron chi connectivity index (χ0n) is 12.2. The molecule has 0 spiro atoms. The minimum absolute atomic E-state index is 0.315. The molecule has 0 aliphatic heterocycles. The van der Waals surface area contributed by atoms with Crippen LogP contribution >= 0.6 is 0 Å². The molecule has 5 nitrogen and oxygen atoms in total. The normalized spacial score (nSPS) is 11.3. The van der Waals surface area contributed by atoms with Crippen molar-refractivity contribution in [3.63, 3.8) is 0 Å². The summed E-state index contributed by atoms with van der Waals surface area (Å²) in [6.07, 6.45) is -0.498. The number of nitrogens with one attached hydrogen (secondary N) is 2. The minimum atomic E-state index is -0.498. The minimum Gasteiger partial charge on any atom is -0.389 e. The first-order valence-corrected chi connectivity index (χ1v) is 6.90. The quantitative estimate of drug-likeness (QED) is 0.810. The number of rotatable bonds is 4. The first kappa shape index (κ1) is 15.5. The van der Waals surface area contributed by atoms with E-state index in [4.69, 9.17) is 5.26 Å². The van der Waals surface area contributed by atoms with E-state index in [-0.39, 0.29) is 6.03 Å². The SMILES string of the molecule is C[C@H](O)c1ccc(CNC(=O)Nc2ccc(C#N)cc2)cc1. The lowest BCUT2D eigenvalue weighted by Crippen LogP contribution is -2.28. The average molecular weight is 295 g/mol. The number of benzene rings is 2. The maximum atomic E-state index is 11.8. The van der Waals surface area contributed by atoms with Gasteiger partial charge in [0.05, 0.1) is 17.7 Å². The lowest BCUT2D eigenvalue weighted by atomic mass is 10.1. The van der Waals surface area contributed by atoms with Gasteiger partial charge in [-0.2, -0.15) is 5.26 Å². The van der Waals surface area contributed by atoms with Crippen LogP contribution in [-0.2, 0) is 6.54 Å². The second-order valence-corrected chi connectivity index (χ2v) is 4.91. The molecule has 0 radical (unpaired) electrons. The molecule has 0 heterocycles. The molecule has 0 aliphatic carbocycles. The topological polar surface area (TPSA) is 85.2 Å². The van der Waals surface area contributed by atoms with Crippen LogP contribution in [-0.4, -0.2) is 11.1 Å². The number of nitrogens with zero attached hydrogens (tertiary/aromatic N) is 1. The van der Waals surface area contributed by atoms with Gasteiger partial charge in [-0.15, -0.1) is 0 Å². The molecule has 0 aromatic heterocycles. The van der Waals surface area contributed by atoms with Gasteiger partial charge in [0.2, 0.25) is 0 Å². The van der Waals surface area contributed by atoms with Crippen molar-refractivity contribution in [2.24, 2.45) is 0 Å². The van der Waals surface area contributed by atoms with Gasteiger partial charge in [0.15, 0.2) is 0 Å². The third-order valence-corrected chi connectivity index (χ3v) is 3.19. The third kappa shape index (κ3) is 4.33. The molecule has 2 amide bonds. The summed E-state index contributed by atoms with van der Waals surface area (Å²) in [6, 6.07) is 15.7. The van der Waals surface area contributed by atoms with Crippen molar-refractivity contribution < 1.29 is 9.90 Å². The van der Waals surface area contributed by atoms with Crippen molar-refractivity contribution >= 4 is 11.7 Å². The molecule has 2 rings (SSSR count). The van der Waals surface area contributed by atoms with Crippen LogP contribution in [0.25, 0.3) is 0 Å². The highest BCUT2D eigenvalue weighted by Crippen LogP contribution is 2.13. The smallest absolute Gasteiger partial charge is 0.319 e. The molecule has 112 valence electrons.